The van der Waals surface area contributed by atoms with Gasteiger partial charge >= 0.3 is 0 Å². The first-order valence-corrected chi connectivity index (χ1v) is 9.07. The third-order valence-corrected chi connectivity index (χ3v) is 5.42. The van der Waals surface area contributed by atoms with Crippen molar-refractivity contribution in [3.63, 3.8) is 0 Å². The van der Waals surface area contributed by atoms with Gasteiger partial charge in [-0.05, 0) is 18.6 Å². The van der Waals surface area contributed by atoms with Gasteiger partial charge in [0.1, 0.15) is 0 Å². The van der Waals surface area contributed by atoms with Gasteiger partial charge in [-0.1, -0.05) is 23.2 Å². The molecule has 1 aliphatic rings. The molecule has 1 unspecified atom stereocenters. The number of benzene rings is 1. The fraction of sp³-hybridized carbons (Fsp3) is 0.417. The Morgan fingerprint density at radius 2 is 2.05 bits per heavy atom. The summed E-state index contributed by atoms with van der Waals surface area (Å²) < 4.78 is 28.1. The molecule has 2 rings (SSSR count). The fourth-order valence-electron chi connectivity index (χ4n) is 2.04. The lowest BCUT2D eigenvalue weighted by Crippen LogP contribution is -2.37. The number of ether oxygens (including phenoxy) is 1. The van der Waals surface area contributed by atoms with Gasteiger partial charge in [0.15, 0.2) is 0 Å². The Morgan fingerprint density at radius 3 is 2.57 bits per heavy atom. The Kier molecular flexibility index (Phi) is 5.05. The van der Waals surface area contributed by atoms with Crippen molar-refractivity contribution < 1.29 is 17.9 Å². The molecule has 0 aromatic heterocycles. The van der Waals surface area contributed by atoms with Crippen molar-refractivity contribution in [3.05, 3.63) is 27.7 Å². The highest BCUT2D eigenvalue weighted by Gasteiger charge is 2.28. The van der Waals surface area contributed by atoms with Gasteiger partial charge in [0.25, 0.3) is 15.0 Å². The van der Waals surface area contributed by atoms with E-state index in [1.165, 1.54) is 4.90 Å². The monoisotopic (exact) mass is 371 g/mol. The molecule has 1 amide bonds. The van der Waals surface area contributed by atoms with Gasteiger partial charge in [0, 0.05) is 24.3 Å². The van der Waals surface area contributed by atoms with E-state index < -0.39 is 15.0 Å². The molecule has 0 radical (unpaired) electrons. The average molecular weight is 373 g/mol. The normalized spacial score (nSPS) is 18.8. The highest BCUT2D eigenvalue weighted by atomic mass is 35.7. The van der Waals surface area contributed by atoms with Gasteiger partial charge in [-0.15, -0.1) is 0 Å². The van der Waals surface area contributed by atoms with E-state index in [9.17, 15) is 13.2 Å². The molecule has 1 aromatic rings. The predicted octanol–water partition coefficient (Wildman–Crippen LogP) is 2.78. The van der Waals surface area contributed by atoms with E-state index in [0.29, 0.717) is 19.6 Å². The van der Waals surface area contributed by atoms with Crippen molar-refractivity contribution in [3.8, 4) is 0 Å². The highest BCUT2D eigenvalue weighted by molar-refractivity contribution is 8.13. The first kappa shape index (κ1) is 16.8. The molecule has 0 bridgehead atoms. The maximum Gasteiger partial charge on any atom is 0.261 e. The van der Waals surface area contributed by atoms with Crippen LogP contribution in [-0.2, 0) is 13.8 Å². The van der Waals surface area contributed by atoms with E-state index in [0.717, 1.165) is 12.1 Å². The van der Waals surface area contributed by atoms with E-state index in [4.69, 9.17) is 38.6 Å². The molecular weight excluding hydrogens is 361 g/mol. The number of halogens is 3. The Balaban J connectivity index is 2.42. The summed E-state index contributed by atoms with van der Waals surface area (Å²) in [5.41, 5.74) is -0.00204. The van der Waals surface area contributed by atoms with Crippen LogP contribution in [0.3, 0.4) is 0 Å². The molecular formula is C12H12Cl3NO4S. The third kappa shape index (κ3) is 3.63. The predicted molar refractivity (Wildman–Crippen MR) is 80.8 cm³/mol. The van der Waals surface area contributed by atoms with Gasteiger partial charge in [0.05, 0.1) is 33.2 Å². The van der Waals surface area contributed by atoms with Crippen molar-refractivity contribution in [1.82, 2.24) is 4.90 Å². The van der Waals surface area contributed by atoms with Gasteiger partial charge in [-0.3, -0.25) is 4.79 Å². The Hall–Kier alpha value is -0.530. The number of carbonyl (C=O) groups is 1. The van der Waals surface area contributed by atoms with Crippen LogP contribution in [0.4, 0.5) is 0 Å². The van der Waals surface area contributed by atoms with Crippen molar-refractivity contribution >= 4 is 48.8 Å². The van der Waals surface area contributed by atoms with Crippen LogP contribution in [0.5, 0.6) is 0 Å². The van der Waals surface area contributed by atoms with Crippen LogP contribution in [0.25, 0.3) is 0 Å². The van der Waals surface area contributed by atoms with Crippen LogP contribution in [0.1, 0.15) is 16.8 Å². The Bertz CT molecular complexity index is 671. The maximum atomic E-state index is 12.5. The second-order valence-corrected chi connectivity index (χ2v) is 7.99. The van der Waals surface area contributed by atoms with Gasteiger partial charge in [0.2, 0.25) is 0 Å². The van der Waals surface area contributed by atoms with E-state index in [1.807, 2.05) is 0 Å². The van der Waals surface area contributed by atoms with Crippen LogP contribution < -0.4 is 0 Å². The van der Waals surface area contributed by atoms with E-state index >= 15 is 0 Å². The van der Waals surface area contributed by atoms with Crippen LogP contribution in [0.15, 0.2) is 17.0 Å². The zero-order valence-electron chi connectivity index (χ0n) is 11.0. The van der Waals surface area contributed by atoms with Crippen molar-refractivity contribution in [2.75, 3.05) is 20.3 Å². The summed E-state index contributed by atoms with van der Waals surface area (Å²) in [6, 6.07) is 2.16. The quantitative estimate of drug-likeness (QED) is 0.765. The highest BCUT2D eigenvalue weighted by Crippen LogP contribution is 2.32. The summed E-state index contributed by atoms with van der Waals surface area (Å²) in [5, 5.41) is -0.0469. The molecule has 1 atom stereocenters. The molecule has 1 fully saturated rings. The number of rotatable bonds is 3. The van der Waals surface area contributed by atoms with E-state index in [1.54, 1.807) is 7.05 Å². The standard InChI is InChI=1S/C12H12Cl3NO4S/c1-16(7-2-3-20-6-7)12(17)9-4-8(21(15,18)19)5-10(13)11(9)14/h4-5,7H,2-3,6H2,1H3. The number of hydrogen-bond acceptors (Lipinski definition) is 4. The smallest absolute Gasteiger partial charge is 0.261 e. The average Bonchev–Trinajstić information content (AvgIpc) is 2.92. The summed E-state index contributed by atoms with van der Waals surface area (Å²) in [6.07, 6.45) is 0.709. The third-order valence-electron chi connectivity index (χ3n) is 3.29. The molecule has 0 saturated carbocycles. The lowest BCUT2D eigenvalue weighted by Gasteiger charge is -2.24. The molecule has 1 aliphatic heterocycles. The molecule has 21 heavy (non-hydrogen) atoms. The molecule has 1 heterocycles. The second kappa shape index (κ2) is 6.30. The maximum absolute atomic E-state index is 12.5. The van der Waals surface area contributed by atoms with Crippen molar-refractivity contribution in [1.29, 1.82) is 0 Å². The zero-order valence-corrected chi connectivity index (χ0v) is 14.1. The van der Waals surface area contributed by atoms with E-state index in [2.05, 4.69) is 0 Å². The number of nitrogens with zero attached hydrogens (tertiary/aromatic N) is 1. The first-order valence-electron chi connectivity index (χ1n) is 6.00. The lowest BCUT2D eigenvalue weighted by atomic mass is 10.1. The number of hydrogen-bond donors (Lipinski definition) is 0. The summed E-state index contributed by atoms with van der Waals surface area (Å²) in [7, 11) is 2.89. The molecule has 116 valence electrons. The number of amides is 1. The summed E-state index contributed by atoms with van der Waals surface area (Å²) in [5.74, 6) is -0.431. The second-order valence-electron chi connectivity index (χ2n) is 4.64. The molecule has 5 nitrogen and oxygen atoms in total. The first-order chi connectivity index (χ1) is 9.71. The van der Waals surface area contributed by atoms with Crippen molar-refractivity contribution in [2.45, 2.75) is 17.4 Å². The van der Waals surface area contributed by atoms with Gasteiger partial charge in [-0.2, -0.15) is 0 Å². The molecule has 1 aromatic carbocycles. The minimum absolute atomic E-state index is 0.00204. The molecule has 1 saturated heterocycles. The lowest BCUT2D eigenvalue weighted by molar-refractivity contribution is 0.0711. The molecule has 0 aliphatic carbocycles. The minimum atomic E-state index is -4.01. The van der Waals surface area contributed by atoms with Crippen LogP contribution >= 0.6 is 33.9 Å². The summed E-state index contributed by atoms with van der Waals surface area (Å²) in [4.78, 5) is 13.7. The van der Waals surface area contributed by atoms with Gasteiger partial charge < -0.3 is 9.64 Å². The molecule has 0 N–H and O–H groups in total. The Morgan fingerprint density at radius 1 is 1.38 bits per heavy atom. The number of likely N-dealkylation sites (N-methyl/N-ethyl adjacent to an activating group) is 1. The van der Waals surface area contributed by atoms with Crippen LogP contribution in [0.2, 0.25) is 10.0 Å². The number of carbonyl (C=O) groups excluding carboxylic acids is 1. The minimum Gasteiger partial charge on any atom is -0.379 e. The van der Waals surface area contributed by atoms with Crippen LogP contribution in [-0.4, -0.2) is 45.5 Å². The fourth-order valence-corrected chi connectivity index (χ4v) is 3.30. The Labute approximate surface area is 137 Å². The van der Waals surface area contributed by atoms with Gasteiger partial charge in [-0.25, -0.2) is 8.42 Å². The molecule has 0 spiro atoms. The summed E-state index contributed by atoms with van der Waals surface area (Å²) in [6.45, 7) is 1.01. The topological polar surface area (TPSA) is 63.7 Å². The van der Waals surface area contributed by atoms with Crippen LogP contribution in [0, 0.1) is 0 Å². The van der Waals surface area contributed by atoms with E-state index in [-0.39, 0.29) is 26.5 Å². The SMILES string of the molecule is CN(C(=O)c1cc(S(=O)(=O)Cl)cc(Cl)c1Cl)C1CCOC1. The summed E-state index contributed by atoms with van der Waals surface area (Å²) >= 11 is 11.9. The molecule has 9 heteroatoms. The van der Waals surface area contributed by atoms with Crippen molar-refractivity contribution in [2.24, 2.45) is 0 Å². The largest absolute Gasteiger partial charge is 0.379 e. The zero-order chi connectivity index (χ0) is 15.8.